The summed E-state index contributed by atoms with van der Waals surface area (Å²) in [5.41, 5.74) is 3.87. The van der Waals surface area contributed by atoms with E-state index in [0.717, 1.165) is 65.7 Å². The first-order valence-corrected chi connectivity index (χ1v) is 13.3. The van der Waals surface area contributed by atoms with Gasteiger partial charge in [-0.25, -0.2) is 19.7 Å². The van der Waals surface area contributed by atoms with E-state index in [1.165, 1.54) is 16.5 Å². The molecule has 0 unspecified atom stereocenters. The predicted octanol–water partition coefficient (Wildman–Crippen LogP) is 3.72. The van der Waals surface area contributed by atoms with E-state index >= 15 is 0 Å². The second kappa shape index (κ2) is 9.39. The van der Waals surface area contributed by atoms with Gasteiger partial charge >= 0.3 is 6.09 Å². The molecule has 2 aliphatic rings. The first-order chi connectivity index (χ1) is 16.8. The summed E-state index contributed by atoms with van der Waals surface area (Å²) >= 11 is 1.68. The zero-order valence-electron chi connectivity index (χ0n) is 21.3. The molecule has 35 heavy (non-hydrogen) atoms. The summed E-state index contributed by atoms with van der Waals surface area (Å²) < 4.78 is 6.19. The normalized spacial score (nSPS) is 17.7. The maximum absolute atomic E-state index is 11.9. The van der Waals surface area contributed by atoms with Gasteiger partial charge < -0.3 is 19.9 Å². The number of carbonyl (C=O) groups is 1. The highest BCUT2D eigenvalue weighted by Gasteiger charge is 2.36. The van der Waals surface area contributed by atoms with Crippen LogP contribution in [0.1, 0.15) is 38.3 Å². The molecule has 0 saturated carbocycles. The minimum absolute atomic E-state index is 0.0968. The van der Waals surface area contributed by atoms with E-state index in [4.69, 9.17) is 14.7 Å². The molecule has 4 heterocycles. The van der Waals surface area contributed by atoms with Crippen molar-refractivity contribution in [3.05, 3.63) is 17.5 Å². The lowest BCUT2D eigenvalue weighted by Gasteiger charge is -2.34. The van der Waals surface area contributed by atoms with Crippen LogP contribution in [0.3, 0.4) is 0 Å². The number of aromatic nitrogens is 3. The van der Waals surface area contributed by atoms with E-state index in [1.807, 2.05) is 6.92 Å². The summed E-state index contributed by atoms with van der Waals surface area (Å²) in [5.74, 6) is 1.95. The Labute approximate surface area is 210 Å². The quantitative estimate of drug-likeness (QED) is 0.552. The first kappa shape index (κ1) is 24.0. The van der Waals surface area contributed by atoms with Crippen LogP contribution in [0.5, 0.6) is 0 Å². The summed E-state index contributed by atoms with van der Waals surface area (Å²) in [6.45, 7) is 11.7. The summed E-state index contributed by atoms with van der Waals surface area (Å²) in [4.78, 5) is 33.6. The number of nitrogens with one attached hydrogen (secondary N) is 1. The fraction of sp³-hybridized carbons (Fsp3) is 0.600. The fourth-order valence-electron chi connectivity index (χ4n) is 5.37. The number of amides is 1. The van der Waals surface area contributed by atoms with Crippen molar-refractivity contribution in [2.45, 2.75) is 39.0 Å². The van der Waals surface area contributed by atoms with Crippen LogP contribution < -0.4 is 10.2 Å². The summed E-state index contributed by atoms with van der Waals surface area (Å²) in [5, 5.41) is 4.75. The molecular formula is C25H35N7O2S. The molecule has 0 atom stereocenters. The Hall–Kier alpha value is -2.72. The Bertz CT molecular complexity index is 1250. The van der Waals surface area contributed by atoms with Crippen molar-refractivity contribution in [2.75, 3.05) is 70.2 Å². The van der Waals surface area contributed by atoms with E-state index in [0.29, 0.717) is 19.7 Å². The zero-order chi connectivity index (χ0) is 24.7. The fourth-order valence-corrected chi connectivity index (χ4v) is 6.47. The number of piperazine rings is 1. The predicted molar refractivity (Wildman–Crippen MR) is 142 cm³/mol. The van der Waals surface area contributed by atoms with Gasteiger partial charge in [0.1, 0.15) is 22.8 Å². The Balaban J connectivity index is 1.36. The third kappa shape index (κ3) is 4.38. The molecule has 1 N–H and O–H groups in total. The number of anilines is 2. The SMILES string of the molecule is CCOC(=O)N1CCN(CCNc2ncnc3c2sc2nc(N(C)C)c4c(c23)C(C)(C)CC4)CC1. The number of hydrogen-bond acceptors (Lipinski definition) is 9. The van der Waals surface area contributed by atoms with Gasteiger partial charge in [0.2, 0.25) is 0 Å². The number of rotatable bonds is 6. The molecule has 5 rings (SSSR count). The molecule has 0 spiro atoms. The molecular weight excluding hydrogens is 462 g/mol. The Kier molecular flexibility index (Phi) is 6.43. The molecule has 0 aromatic carbocycles. The lowest BCUT2D eigenvalue weighted by Crippen LogP contribution is -2.49. The van der Waals surface area contributed by atoms with E-state index in [1.54, 1.807) is 22.6 Å². The Morgan fingerprint density at radius 2 is 2.00 bits per heavy atom. The highest BCUT2D eigenvalue weighted by molar-refractivity contribution is 7.26. The van der Waals surface area contributed by atoms with Gasteiger partial charge in [-0.15, -0.1) is 11.3 Å². The highest BCUT2D eigenvalue weighted by Crippen LogP contribution is 2.49. The third-order valence-electron chi connectivity index (χ3n) is 7.20. The van der Waals surface area contributed by atoms with Crippen LogP contribution >= 0.6 is 11.3 Å². The Morgan fingerprint density at radius 3 is 2.71 bits per heavy atom. The second-order valence-corrected chi connectivity index (χ2v) is 11.2. The number of pyridine rings is 1. The lowest BCUT2D eigenvalue weighted by atomic mass is 9.85. The van der Waals surface area contributed by atoms with Gasteiger partial charge in [0.05, 0.1) is 16.8 Å². The van der Waals surface area contributed by atoms with Gasteiger partial charge in [0, 0.05) is 58.8 Å². The van der Waals surface area contributed by atoms with Crippen LogP contribution in [-0.2, 0) is 16.6 Å². The number of hydrogen-bond donors (Lipinski definition) is 1. The summed E-state index contributed by atoms with van der Waals surface area (Å²) in [7, 11) is 4.15. The standard InChI is InChI=1S/C25H35N7O2S/c1-6-34-24(33)32-13-11-31(12-14-32)10-9-26-21-20-19(27-15-28-21)17-18-16(7-8-25(18,2)3)22(30(4)5)29-23(17)35-20/h15H,6-14H2,1-5H3,(H,26,27,28). The molecule has 0 radical (unpaired) electrons. The van der Waals surface area contributed by atoms with Crippen molar-refractivity contribution < 1.29 is 9.53 Å². The van der Waals surface area contributed by atoms with Gasteiger partial charge in [0.25, 0.3) is 0 Å². The van der Waals surface area contributed by atoms with E-state index in [9.17, 15) is 4.79 Å². The van der Waals surface area contributed by atoms with Crippen LogP contribution in [0.2, 0.25) is 0 Å². The second-order valence-electron chi connectivity index (χ2n) is 10.2. The highest BCUT2D eigenvalue weighted by atomic mass is 32.1. The molecule has 10 heteroatoms. The molecule has 3 aromatic heterocycles. The van der Waals surface area contributed by atoms with Gasteiger partial charge in [-0.05, 0) is 36.3 Å². The van der Waals surface area contributed by atoms with Crippen molar-refractivity contribution in [2.24, 2.45) is 0 Å². The van der Waals surface area contributed by atoms with Crippen LogP contribution in [0, 0.1) is 0 Å². The molecule has 1 fully saturated rings. The molecule has 9 nitrogen and oxygen atoms in total. The summed E-state index contributed by atoms with van der Waals surface area (Å²) in [6, 6.07) is 0. The summed E-state index contributed by atoms with van der Waals surface area (Å²) in [6.07, 6.45) is 3.64. The van der Waals surface area contributed by atoms with E-state index in [-0.39, 0.29) is 11.5 Å². The van der Waals surface area contributed by atoms with Gasteiger partial charge in [-0.1, -0.05) is 13.8 Å². The molecule has 1 amide bonds. The molecule has 1 aliphatic carbocycles. The molecule has 1 aliphatic heterocycles. The van der Waals surface area contributed by atoms with Crippen molar-refractivity contribution in [1.29, 1.82) is 0 Å². The molecule has 1 saturated heterocycles. The minimum Gasteiger partial charge on any atom is -0.450 e. The number of thiophene rings is 1. The van der Waals surface area contributed by atoms with Crippen molar-refractivity contribution in [3.63, 3.8) is 0 Å². The first-order valence-electron chi connectivity index (χ1n) is 12.5. The molecule has 0 bridgehead atoms. The van der Waals surface area contributed by atoms with Gasteiger partial charge in [-0.2, -0.15) is 0 Å². The Morgan fingerprint density at radius 1 is 1.23 bits per heavy atom. The number of ether oxygens (including phenoxy) is 1. The van der Waals surface area contributed by atoms with Gasteiger partial charge in [0.15, 0.2) is 0 Å². The topological polar surface area (TPSA) is 86.7 Å². The van der Waals surface area contributed by atoms with E-state index < -0.39 is 0 Å². The van der Waals surface area contributed by atoms with Crippen LogP contribution in [-0.4, -0.2) is 90.8 Å². The van der Waals surface area contributed by atoms with Crippen molar-refractivity contribution in [1.82, 2.24) is 24.8 Å². The average Bonchev–Trinajstić information content (AvgIpc) is 3.36. The number of nitrogens with zero attached hydrogens (tertiary/aromatic N) is 6. The van der Waals surface area contributed by atoms with Crippen LogP contribution in [0.4, 0.5) is 16.4 Å². The monoisotopic (exact) mass is 497 g/mol. The third-order valence-corrected chi connectivity index (χ3v) is 8.28. The maximum atomic E-state index is 11.9. The van der Waals surface area contributed by atoms with Gasteiger partial charge in [-0.3, -0.25) is 4.90 Å². The zero-order valence-corrected chi connectivity index (χ0v) is 22.2. The maximum Gasteiger partial charge on any atom is 0.409 e. The largest absolute Gasteiger partial charge is 0.450 e. The average molecular weight is 498 g/mol. The molecule has 3 aromatic rings. The van der Waals surface area contributed by atoms with Crippen molar-refractivity contribution >= 4 is 49.5 Å². The lowest BCUT2D eigenvalue weighted by molar-refractivity contribution is 0.0807. The van der Waals surface area contributed by atoms with E-state index in [2.05, 4.69) is 48.0 Å². The number of fused-ring (bicyclic) bond motifs is 5. The van der Waals surface area contributed by atoms with Crippen LogP contribution in [0.15, 0.2) is 6.33 Å². The molecule has 188 valence electrons. The minimum atomic E-state index is -0.209. The smallest absolute Gasteiger partial charge is 0.409 e. The number of carbonyl (C=O) groups excluding carboxylic acids is 1. The van der Waals surface area contributed by atoms with Crippen molar-refractivity contribution in [3.8, 4) is 0 Å². The van der Waals surface area contributed by atoms with Crippen LogP contribution in [0.25, 0.3) is 20.4 Å².